The Balaban J connectivity index is 2.93. The Morgan fingerprint density at radius 3 is 2.29 bits per heavy atom. The third kappa shape index (κ3) is 3.75. The van der Waals surface area contributed by atoms with Crippen LogP contribution in [0.5, 0.6) is 0 Å². The molecule has 4 nitrogen and oxygen atoms in total. The fraction of sp³-hybridized carbons (Fsp3) is 0.462. The molecule has 94 valence electrons. The number of anilines is 1. The summed E-state index contributed by atoms with van der Waals surface area (Å²) in [6.07, 6.45) is 0.710. The average Bonchev–Trinajstić information content (AvgIpc) is 2.29. The molecule has 0 saturated heterocycles. The fourth-order valence-electron chi connectivity index (χ4n) is 1.88. The number of nitrogens with zero attached hydrogens (tertiary/aromatic N) is 1. The molecule has 0 fully saturated rings. The van der Waals surface area contributed by atoms with Crippen molar-refractivity contribution in [1.29, 1.82) is 0 Å². The second-order valence-electron chi connectivity index (χ2n) is 4.54. The van der Waals surface area contributed by atoms with E-state index in [-0.39, 0.29) is 18.6 Å². The largest absolute Gasteiger partial charge is 0.368 e. The van der Waals surface area contributed by atoms with Gasteiger partial charge in [0, 0.05) is 5.69 Å². The van der Waals surface area contributed by atoms with Gasteiger partial charge in [-0.25, -0.2) is 0 Å². The summed E-state index contributed by atoms with van der Waals surface area (Å²) >= 11 is 0. The van der Waals surface area contributed by atoms with Crippen LogP contribution in [-0.2, 0) is 4.79 Å². The van der Waals surface area contributed by atoms with Gasteiger partial charge in [0.2, 0.25) is 5.91 Å². The number of primary amides is 1. The highest BCUT2D eigenvalue weighted by atomic mass is 16.1. The molecular weight excluding hydrogens is 214 g/mol. The van der Waals surface area contributed by atoms with E-state index in [0.29, 0.717) is 12.3 Å². The number of hydrogen-bond donors (Lipinski definition) is 2. The van der Waals surface area contributed by atoms with Gasteiger partial charge in [-0.15, -0.1) is 0 Å². The minimum atomic E-state index is -0.345. The zero-order valence-corrected chi connectivity index (χ0v) is 10.5. The molecule has 0 aliphatic carbocycles. The summed E-state index contributed by atoms with van der Waals surface area (Å²) in [6.45, 7) is 4.41. The van der Waals surface area contributed by atoms with Gasteiger partial charge >= 0.3 is 0 Å². The Morgan fingerprint density at radius 1 is 1.29 bits per heavy atom. The molecule has 0 spiro atoms. The van der Waals surface area contributed by atoms with Gasteiger partial charge < -0.3 is 16.4 Å². The van der Waals surface area contributed by atoms with Crippen LogP contribution >= 0.6 is 0 Å². The van der Waals surface area contributed by atoms with Crippen molar-refractivity contribution in [3.8, 4) is 0 Å². The molecule has 0 radical (unpaired) electrons. The van der Waals surface area contributed by atoms with Crippen molar-refractivity contribution in [3.63, 3.8) is 0 Å². The van der Waals surface area contributed by atoms with Crippen molar-refractivity contribution >= 4 is 11.6 Å². The molecule has 0 aliphatic rings. The van der Waals surface area contributed by atoms with Gasteiger partial charge in [0.05, 0.1) is 6.67 Å². The molecule has 1 aromatic rings. The number of amides is 1. The lowest BCUT2D eigenvalue weighted by molar-refractivity contribution is -0.119. The van der Waals surface area contributed by atoms with Crippen LogP contribution in [0.25, 0.3) is 0 Å². The lowest BCUT2D eigenvalue weighted by Gasteiger charge is -2.31. The molecule has 0 aliphatic heterocycles. The Hall–Kier alpha value is -1.55. The Morgan fingerprint density at radius 2 is 1.88 bits per heavy atom. The summed E-state index contributed by atoms with van der Waals surface area (Å²) in [7, 11) is 0. The van der Waals surface area contributed by atoms with Crippen molar-refractivity contribution in [2.75, 3.05) is 11.6 Å². The van der Waals surface area contributed by atoms with Crippen LogP contribution in [0.1, 0.15) is 20.3 Å². The first-order chi connectivity index (χ1) is 8.06. The van der Waals surface area contributed by atoms with Gasteiger partial charge in [-0.05, 0) is 24.5 Å². The topological polar surface area (TPSA) is 72.4 Å². The maximum absolute atomic E-state index is 11.5. The SMILES string of the molecule is CC(C)C[C@@H](C(N)=O)N(CN)c1ccccc1. The first kappa shape index (κ1) is 13.5. The number of hydrogen-bond acceptors (Lipinski definition) is 3. The molecule has 1 amide bonds. The van der Waals surface area contributed by atoms with Crippen LogP contribution in [0.3, 0.4) is 0 Å². The quantitative estimate of drug-likeness (QED) is 0.730. The zero-order valence-electron chi connectivity index (χ0n) is 10.5. The van der Waals surface area contributed by atoms with Crippen LogP contribution in [0.2, 0.25) is 0 Å². The molecule has 0 bridgehead atoms. The Bertz CT molecular complexity index is 351. The van der Waals surface area contributed by atoms with E-state index in [4.69, 9.17) is 11.5 Å². The number of benzene rings is 1. The van der Waals surface area contributed by atoms with Gasteiger partial charge in [0.15, 0.2) is 0 Å². The summed E-state index contributed by atoms with van der Waals surface area (Å²) in [5.41, 5.74) is 12.1. The monoisotopic (exact) mass is 235 g/mol. The number of para-hydroxylation sites is 1. The van der Waals surface area contributed by atoms with Crippen LogP contribution in [0, 0.1) is 5.92 Å². The lowest BCUT2D eigenvalue weighted by atomic mass is 10.0. The van der Waals surface area contributed by atoms with E-state index >= 15 is 0 Å². The molecular formula is C13H21N3O. The molecule has 17 heavy (non-hydrogen) atoms. The van der Waals surface area contributed by atoms with E-state index in [1.54, 1.807) is 0 Å². The molecule has 0 unspecified atom stereocenters. The van der Waals surface area contributed by atoms with E-state index < -0.39 is 0 Å². The number of carbonyl (C=O) groups is 1. The molecule has 1 rings (SSSR count). The second kappa shape index (κ2) is 6.25. The van der Waals surface area contributed by atoms with Crippen molar-refractivity contribution in [3.05, 3.63) is 30.3 Å². The highest BCUT2D eigenvalue weighted by Gasteiger charge is 2.23. The zero-order chi connectivity index (χ0) is 12.8. The average molecular weight is 235 g/mol. The molecule has 4 N–H and O–H groups in total. The molecule has 1 aromatic carbocycles. The highest BCUT2D eigenvalue weighted by molar-refractivity contribution is 5.83. The predicted octanol–water partition coefficient (Wildman–Crippen LogP) is 1.31. The number of carbonyl (C=O) groups excluding carboxylic acids is 1. The van der Waals surface area contributed by atoms with Crippen LogP contribution in [-0.4, -0.2) is 18.6 Å². The molecule has 0 heterocycles. The summed E-state index contributed by atoms with van der Waals surface area (Å²) in [6, 6.07) is 9.30. The Labute approximate surface area is 103 Å². The third-order valence-electron chi connectivity index (χ3n) is 2.68. The van der Waals surface area contributed by atoms with Crippen LogP contribution in [0.4, 0.5) is 5.69 Å². The Kier molecular flexibility index (Phi) is 4.97. The molecule has 0 saturated carbocycles. The van der Waals surface area contributed by atoms with E-state index in [1.165, 1.54) is 0 Å². The first-order valence-corrected chi connectivity index (χ1v) is 5.87. The summed E-state index contributed by atoms with van der Waals surface area (Å²) in [5.74, 6) is 0.0678. The van der Waals surface area contributed by atoms with Gasteiger partial charge in [-0.3, -0.25) is 4.79 Å². The first-order valence-electron chi connectivity index (χ1n) is 5.87. The standard InChI is InChI=1S/C13H21N3O/c1-10(2)8-12(13(15)17)16(9-14)11-6-4-3-5-7-11/h3-7,10,12H,8-9,14H2,1-2H3,(H2,15,17)/t12-/m0/s1. The maximum atomic E-state index is 11.5. The van der Waals surface area contributed by atoms with E-state index in [9.17, 15) is 4.79 Å². The summed E-state index contributed by atoms with van der Waals surface area (Å²) < 4.78 is 0. The van der Waals surface area contributed by atoms with Crippen molar-refractivity contribution in [2.45, 2.75) is 26.3 Å². The van der Waals surface area contributed by atoms with Gasteiger partial charge in [-0.1, -0.05) is 32.0 Å². The summed E-state index contributed by atoms with van der Waals surface area (Å²) in [4.78, 5) is 13.4. The minimum Gasteiger partial charge on any atom is -0.368 e. The molecule has 0 aromatic heterocycles. The highest BCUT2D eigenvalue weighted by Crippen LogP contribution is 2.19. The van der Waals surface area contributed by atoms with Crippen molar-refractivity contribution in [1.82, 2.24) is 0 Å². The van der Waals surface area contributed by atoms with Crippen LogP contribution < -0.4 is 16.4 Å². The normalized spacial score (nSPS) is 12.5. The van der Waals surface area contributed by atoms with Gasteiger partial charge in [0.25, 0.3) is 0 Å². The van der Waals surface area contributed by atoms with Crippen LogP contribution in [0.15, 0.2) is 30.3 Å². The lowest BCUT2D eigenvalue weighted by Crippen LogP contribution is -2.48. The number of nitrogens with two attached hydrogens (primary N) is 2. The minimum absolute atomic E-state index is 0.282. The van der Waals surface area contributed by atoms with E-state index in [0.717, 1.165) is 5.69 Å². The smallest absolute Gasteiger partial charge is 0.240 e. The predicted molar refractivity (Wildman–Crippen MR) is 70.4 cm³/mol. The fourth-order valence-corrected chi connectivity index (χ4v) is 1.88. The van der Waals surface area contributed by atoms with Gasteiger partial charge in [-0.2, -0.15) is 0 Å². The third-order valence-corrected chi connectivity index (χ3v) is 2.68. The number of rotatable bonds is 6. The second-order valence-corrected chi connectivity index (χ2v) is 4.54. The van der Waals surface area contributed by atoms with E-state index in [1.807, 2.05) is 35.2 Å². The molecule has 1 atom stereocenters. The van der Waals surface area contributed by atoms with Crippen molar-refractivity contribution in [2.24, 2.45) is 17.4 Å². The maximum Gasteiger partial charge on any atom is 0.240 e. The molecule has 4 heteroatoms. The van der Waals surface area contributed by atoms with E-state index in [2.05, 4.69) is 13.8 Å². The summed E-state index contributed by atoms with van der Waals surface area (Å²) in [5, 5.41) is 0. The van der Waals surface area contributed by atoms with Gasteiger partial charge in [0.1, 0.15) is 6.04 Å². The van der Waals surface area contributed by atoms with Crippen molar-refractivity contribution < 1.29 is 4.79 Å².